The molecule has 0 spiro atoms. The molecule has 0 bridgehead atoms. The van der Waals surface area contributed by atoms with Crippen LogP contribution in [0.5, 0.6) is 0 Å². The topological polar surface area (TPSA) is 117 Å². The number of carbonyl (C=O) groups is 3. The highest BCUT2D eigenvalue weighted by Crippen LogP contribution is 2.22. The van der Waals surface area contributed by atoms with Crippen molar-refractivity contribution < 1.29 is 23.5 Å². The number of nitrogens with zero attached hydrogens (tertiary/aromatic N) is 2. The molecule has 1 atom stereocenters. The van der Waals surface area contributed by atoms with Gasteiger partial charge in [-0.25, -0.2) is 14.0 Å². The van der Waals surface area contributed by atoms with Crippen LogP contribution in [-0.2, 0) is 16.1 Å². The Balaban J connectivity index is 1.51. The number of hydrogen-bond donors (Lipinski definition) is 3. The summed E-state index contributed by atoms with van der Waals surface area (Å²) in [6, 6.07) is 14.1. The van der Waals surface area contributed by atoms with Gasteiger partial charge >= 0.3 is 12.1 Å². The van der Waals surface area contributed by atoms with Gasteiger partial charge in [-0.3, -0.25) is 14.6 Å². The summed E-state index contributed by atoms with van der Waals surface area (Å²) < 4.78 is 19.1. The van der Waals surface area contributed by atoms with Gasteiger partial charge in [0.15, 0.2) is 6.17 Å². The zero-order valence-electron chi connectivity index (χ0n) is 20.1. The Kier molecular flexibility index (Phi) is 8.37. The van der Waals surface area contributed by atoms with Crippen molar-refractivity contribution in [2.75, 3.05) is 18.4 Å². The fourth-order valence-corrected chi connectivity index (χ4v) is 4.61. The van der Waals surface area contributed by atoms with E-state index in [2.05, 4.69) is 10.6 Å². The second-order valence-corrected chi connectivity index (χ2v) is 9.21. The predicted octanol–water partition coefficient (Wildman–Crippen LogP) is 3.41. The summed E-state index contributed by atoms with van der Waals surface area (Å²) in [5, 5.41) is 5.64. The number of halogens is 1. The van der Waals surface area contributed by atoms with Gasteiger partial charge in [0.1, 0.15) is 12.4 Å². The minimum atomic E-state index is -1.20. The van der Waals surface area contributed by atoms with Crippen LogP contribution < -0.4 is 16.4 Å². The first-order valence-electron chi connectivity index (χ1n) is 12.3. The standard InChI is InChI=1S/C26H32FN5O4/c27-19-8-4-9-22(16-19)30-25(34)31-14-5-15-32(26(35)36-17-18-6-2-1-3-7-18)24(31)23(33)29-21-12-10-20(28)11-13-21/h1-4,6-9,16,20-21,24H,5,10-15,17,28H2,(H,29,33)(H,30,34). The molecule has 2 fully saturated rings. The highest BCUT2D eigenvalue weighted by Gasteiger charge is 2.42. The van der Waals surface area contributed by atoms with E-state index in [0.717, 1.165) is 31.2 Å². The molecule has 0 radical (unpaired) electrons. The number of nitrogens with two attached hydrogens (primary N) is 1. The minimum Gasteiger partial charge on any atom is -0.444 e. The van der Waals surface area contributed by atoms with Crippen molar-refractivity contribution in [2.45, 2.75) is 57.0 Å². The average Bonchev–Trinajstić information content (AvgIpc) is 2.88. The number of ether oxygens (including phenoxy) is 1. The quantitative estimate of drug-likeness (QED) is 0.585. The van der Waals surface area contributed by atoms with Crippen LogP contribution in [0.2, 0.25) is 0 Å². The highest BCUT2D eigenvalue weighted by molar-refractivity contribution is 5.95. The summed E-state index contributed by atoms with van der Waals surface area (Å²) in [4.78, 5) is 42.3. The van der Waals surface area contributed by atoms with E-state index in [4.69, 9.17) is 10.5 Å². The first kappa shape index (κ1) is 25.4. The lowest BCUT2D eigenvalue weighted by atomic mass is 9.92. The molecule has 2 aliphatic rings. The first-order valence-corrected chi connectivity index (χ1v) is 12.3. The molecule has 9 nitrogen and oxygen atoms in total. The van der Waals surface area contributed by atoms with Gasteiger partial charge in [0.2, 0.25) is 0 Å². The van der Waals surface area contributed by atoms with E-state index in [0.29, 0.717) is 6.42 Å². The van der Waals surface area contributed by atoms with Crippen molar-refractivity contribution in [3.63, 3.8) is 0 Å². The maximum atomic E-state index is 13.6. The molecule has 0 aromatic heterocycles. The van der Waals surface area contributed by atoms with Crippen molar-refractivity contribution in [3.8, 4) is 0 Å². The average molecular weight is 498 g/mol. The van der Waals surface area contributed by atoms with E-state index in [1.165, 1.54) is 28.0 Å². The Morgan fingerprint density at radius 1 is 0.972 bits per heavy atom. The number of carbonyl (C=O) groups excluding carboxylic acids is 3. The van der Waals surface area contributed by atoms with Crippen LogP contribution in [0.4, 0.5) is 19.7 Å². The largest absolute Gasteiger partial charge is 0.444 e. The molecule has 4 rings (SSSR count). The molecule has 4 amide bonds. The smallest absolute Gasteiger partial charge is 0.412 e. The molecule has 1 saturated heterocycles. The molecule has 1 aliphatic carbocycles. The van der Waals surface area contributed by atoms with Crippen LogP contribution in [0.1, 0.15) is 37.7 Å². The number of rotatable bonds is 5. The Hall–Kier alpha value is -3.66. The summed E-state index contributed by atoms with van der Waals surface area (Å²) in [6.07, 6.45) is 1.61. The van der Waals surface area contributed by atoms with E-state index < -0.39 is 30.0 Å². The van der Waals surface area contributed by atoms with Gasteiger partial charge in [-0.1, -0.05) is 36.4 Å². The molecule has 1 unspecified atom stereocenters. The molecule has 1 heterocycles. The molecule has 36 heavy (non-hydrogen) atoms. The van der Waals surface area contributed by atoms with Crippen LogP contribution in [0, 0.1) is 5.82 Å². The second kappa shape index (κ2) is 11.9. The second-order valence-electron chi connectivity index (χ2n) is 9.21. The predicted molar refractivity (Wildman–Crippen MR) is 132 cm³/mol. The molecule has 1 saturated carbocycles. The van der Waals surface area contributed by atoms with Gasteiger partial charge in [-0.15, -0.1) is 0 Å². The molecule has 10 heteroatoms. The third kappa shape index (κ3) is 6.51. The first-order chi connectivity index (χ1) is 17.4. The monoisotopic (exact) mass is 497 g/mol. The van der Waals surface area contributed by atoms with Crippen molar-refractivity contribution in [1.29, 1.82) is 0 Å². The number of anilines is 1. The Morgan fingerprint density at radius 2 is 1.69 bits per heavy atom. The van der Waals surface area contributed by atoms with E-state index in [-0.39, 0.29) is 37.5 Å². The van der Waals surface area contributed by atoms with Crippen molar-refractivity contribution in [3.05, 3.63) is 66.0 Å². The number of benzene rings is 2. The van der Waals surface area contributed by atoms with Crippen LogP contribution >= 0.6 is 0 Å². The number of amides is 4. The number of hydrogen-bond acceptors (Lipinski definition) is 5. The summed E-state index contributed by atoms with van der Waals surface area (Å²) in [6.45, 7) is 0.544. The lowest BCUT2D eigenvalue weighted by Gasteiger charge is -2.42. The van der Waals surface area contributed by atoms with Gasteiger partial charge in [0, 0.05) is 30.9 Å². The Bertz CT molecular complexity index is 1060. The molecule has 192 valence electrons. The zero-order valence-corrected chi connectivity index (χ0v) is 20.1. The Labute approximate surface area is 209 Å². The molecule has 2 aromatic rings. The number of urea groups is 1. The summed E-state index contributed by atoms with van der Waals surface area (Å²) in [5.74, 6) is -0.955. The summed E-state index contributed by atoms with van der Waals surface area (Å²) in [7, 11) is 0. The number of nitrogens with one attached hydrogen (secondary N) is 2. The lowest BCUT2D eigenvalue weighted by Crippen LogP contribution is -2.65. The highest BCUT2D eigenvalue weighted by atomic mass is 19.1. The van der Waals surface area contributed by atoms with Crippen LogP contribution in [-0.4, -0.2) is 59.2 Å². The van der Waals surface area contributed by atoms with Gasteiger partial charge in [-0.2, -0.15) is 0 Å². The zero-order chi connectivity index (χ0) is 25.5. The van der Waals surface area contributed by atoms with Gasteiger partial charge < -0.3 is 21.1 Å². The normalized spacial score (nSPS) is 22.0. The maximum absolute atomic E-state index is 13.6. The molecular formula is C26H32FN5O4. The van der Waals surface area contributed by atoms with Gasteiger partial charge in [0.25, 0.3) is 5.91 Å². The maximum Gasteiger partial charge on any atom is 0.412 e. The SMILES string of the molecule is NC1CCC(NC(=O)C2N(C(=O)Nc3cccc(F)c3)CCCN2C(=O)OCc2ccccc2)CC1. The summed E-state index contributed by atoms with van der Waals surface area (Å²) >= 11 is 0. The van der Waals surface area contributed by atoms with Crippen molar-refractivity contribution in [1.82, 2.24) is 15.1 Å². The molecule has 4 N–H and O–H groups in total. The third-order valence-electron chi connectivity index (χ3n) is 6.52. The van der Waals surface area contributed by atoms with Gasteiger partial charge in [0.05, 0.1) is 0 Å². The van der Waals surface area contributed by atoms with Gasteiger partial charge in [-0.05, 0) is 55.9 Å². The lowest BCUT2D eigenvalue weighted by molar-refractivity contribution is -0.133. The van der Waals surface area contributed by atoms with E-state index in [9.17, 15) is 18.8 Å². The van der Waals surface area contributed by atoms with Crippen LogP contribution in [0.25, 0.3) is 0 Å². The molecular weight excluding hydrogens is 465 g/mol. The van der Waals surface area contributed by atoms with Crippen molar-refractivity contribution in [2.24, 2.45) is 5.73 Å². The minimum absolute atomic E-state index is 0.0422. The fourth-order valence-electron chi connectivity index (χ4n) is 4.61. The fraction of sp³-hybridized carbons (Fsp3) is 0.423. The van der Waals surface area contributed by atoms with Crippen molar-refractivity contribution >= 4 is 23.7 Å². The third-order valence-corrected chi connectivity index (χ3v) is 6.52. The summed E-state index contributed by atoms with van der Waals surface area (Å²) in [5.41, 5.74) is 7.05. The molecule has 1 aliphatic heterocycles. The Morgan fingerprint density at radius 3 is 2.42 bits per heavy atom. The molecule has 2 aromatic carbocycles. The van der Waals surface area contributed by atoms with Crippen LogP contribution in [0.15, 0.2) is 54.6 Å². The van der Waals surface area contributed by atoms with E-state index >= 15 is 0 Å². The van der Waals surface area contributed by atoms with Crippen LogP contribution in [0.3, 0.4) is 0 Å². The van der Waals surface area contributed by atoms with E-state index in [1.807, 2.05) is 30.3 Å². The van der Waals surface area contributed by atoms with E-state index in [1.54, 1.807) is 6.07 Å².